The molecule has 0 atom stereocenters. The molecule has 0 aliphatic carbocycles. The third kappa shape index (κ3) is 5.44. The number of carbonyl (C=O) groups excluding carboxylic acids is 2. The molecule has 0 radical (unpaired) electrons. The van der Waals surface area contributed by atoms with Crippen LogP contribution < -0.4 is 15.3 Å². The van der Waals surface area contributed by atoms with Crippen LogP contribution in [-0.2, 0) is 4.79 Å². The van der Waals surface area contributed by atoms with Gasteiger partial charge in [-0.3, -0.25) is 4.79 Å². The second-order valence-electron chi connectivity index (χ2n) is 4.45. The first-order chi connectivity index (χ1) is 11.0. The van der Waals surface area contributed by atoms with E-state index in [0.717, 1.165) is 0 Å². The normalized spacial score (nSPS) is 10.5. The average Bonchev–Trinajstić information content (AvgIpc) is 2.53. The minimum atomic E-state index is -1.25. The molecule has 1 N–H and O–H groups in total. The smallest absolute Gasteiger partial charge is 0.277 e. The fraction of sp³-hybridized carbons (Fsp3) is 0.0625. The van der Waals surface area contributed by atoms with Crippen molar-refractivity contribution < 1.29 is 19.4 Å². The minimum absolute atomic E-state index is 0.0705. The summed E-state index contributed by atoms with van der Waals surface area (Å²) in [5.74, 6) is -1.21. The van der Waals surface area contributed by atoms with Crippen LogP contribution in [0.4, 0.5) is 0 Å². The molecule has 0 aliphatic heterocycles. The van der Waals surface area contributed by atoms with E-state index in [1.54, 1.807) is 36.4 Å². The standard InChI is InChI=1S/C16H13ClN2O4/c17-13-2-1-3-14(8-13)23-10-15(20)19-18-9-11-4-6-12(7-5-11)16(21)22/h1-9H,10H2,(H,19,20)(H,21,22)/p-1. The molecule has 0 bridgehead atoms. The Labute approximate surface area is 137 Å². The summed E-state index contributed by atoms with van der Waals surface area (Å²) in [5, 5.41) is 14.9. The number of hydrogen-bond donors (Lipinski definition) is 1. The van der Waals surface area contributed by atoms with Gasteiger partial charge in [0.2, 0.25) is 0 Å². The van der Waals surface area contributed by atoms with E-state index in [0.29, 0.717) is 16.3 Å². The molecule has 7 heteroatoms. The van der Waals surface area contributed by atoms with Crippen molar-refractivity contribution in [3.8, 4) is 5.75 Å². The van der Waals surface area contributed by atoms with Gasteiger partial charge in [0, 0.05) is 5.02 Å². The maximum Gasteiger partial charge on any atom is 0.277 e. The van der Waals surface area contributed by atoms with E-state index >= 15 is 0 Å². The Bertz CT molecular complexity index is 729. The fourth-order valence-corrected chi connectivity index (χ4v) is 1.80. The number of hydrazone groups is 1. The highest BCUT2D eigenvalue weighted by Crippen LogP contribution is 2.16. The largest absolute Gasteiger partial charge is 0.545 e. The maximum atomic E-state index is 11.6. The summed E-state index contributed by atoms with van der Waals surface area (Å²) >= 11 is 5.80. The molecule has 118 valence electrons. The maximum absolute atomic E-state index is 11.6. The van der Waals surface area contributed by atoms with E-state index in [4.69, 9.17) is 16.3 Å². The van der Waals surface area contributed by atoms with E-state index in [1.165, 1.54) is 18.3 Å². The van der Waals surface area contributed by atoms with Crippen LogP contribution in [0.1, 0.15) is 15.9 Å². The highest BCUT2D eigenvalue weighted by Gasteiger charge is 2.01. The van der Waals surface area contributed by atoms with Crippen LogP contribution in [0.2, 0.25) is 5.02 Å². The van der Waals surface area contributed by atoms with Crippen molar-refractivity contribution in [2.75, 3.05) is 6.61 Å². The Morgan fingerprint density at radius 3 is 2.61 bits per heavy atom. The number of benzene rings is 2. The predicted molar refractivity (Wildman–Crippen MR) is 83.5 cm³/mol. The molecule has 2 aromatic rings. The highest BCUT2D eigenvalue weighted by atomic mass is 35.5. The molecule has 2 rings (SSSR count). The first kappa shape index (κ1) is 16.5. The van der Waals surface area contributed by atoms with E-state index in [1.807, 2.05) is 0 Å². The number of ether oxygens (including phenoxy) is 1. The van der Waals surface area contributed by atoms with Gasteiger partial charge in [-0.15, -0.1) is 0 Å². The predicted octanol–water partition coefficient (Wildman–Crippen LogP) is 1.23. The van der Waals surface area contributed by atoms with Gasteiger partial charge in [0.05, 0.1) is 12.2 Å². The lowest BCUT2D eigenvalue weighted by Crippen LogP contribution is -2.24. The molecule has 0 aliphatic rings. The van der Waals surface area contributed by atoms with Crippen LogP contribution in [0.25, 0.3) is 0 Å². The number of carboxylic acid groups (broad SMARTS) is 1. The molecular weight excluding hydrogens is 320 g/mol. The van der Waals surface area contributed by atoms with Gasteiger partial charge in [-0.2, -0.15) is 5.10 Å². The molecule has 0 aromatic heterocycles. The summed E-state index contributed by atoms with van der Waals surface area (Å²) < 4.78 is 5.25. The summed E-state index contributed by atoms with van der Waals surface area (Å²) in [6, 6.07) is 12.6. The summed E-state index contributed by atoms with van der Waals surface area (Å²) in [7, 11) is 0. The summed E-state index contributed by atoms with van der Waals surface area (Å²) in [6.07, 6.45) is 1.39. The topological polar surface area (TPSA) is 90.8 Å². The third-order valence-corrected chi connectivity index (χ3v) is 2.95. The van der Waals surface area contributed by atoms with Crippen molar-refractivity contribution in [2.45, 2.75) is 0 Å². The molecule has 0 saturated heterocycles. The zero-order valence-electron chi connectivity index (χ0n) is 11.9. The number of amides is 1. The van der Waals surface area contributed by atoms with Gasteiger partial charge in [-0.05, 0) is 29.3 Å². The lowest BCUT2D eigenvalue weighted by atomic mass is 10.1. The molecule has 0 heterocycles. The fourth-order valence-electron chi connectivity index (χ4n) is 1.62. The second-order valence-corrected chi connectivity index (χ2v) is 4.89. The number of aromatic carboxylic acids is 1. The molecule has 0 spiro atoms. The van der Waals surface area contributed by atoms with Gasteiger partial charge in [-0.25, -0.2) is 5.43 Å². The van der Waals surface area contributed by atoms with E-state index in [9.17, 15) is 14.7 Å². The summed E-state index contributed by atoms with van der Waals surface area (Å²) in [4.78, 5) is 22.2. The van der Waals surface area contributed by atoms with E-state index in [2.05, 4.69) is 10.5 Å². The first-order valence-corrected chi connectivity index (χ1v) is 6.94. The highest BCUT2D eigenvalue weighted by molar-refractivity contribution is 6.30. The molecule has 0 saturated carbocycles. The van der Waals surface area contributed by atoms with Crippen molar-refractivity contribution in [1.29, 1.82) is 0 Å². The third-order valence-electron chi connectivity index (χ3n) is 2.72. The molecule has 0 unspecified atom stereocenters. The van der Waals surface area contributed by atoms with E-state index in [-0.39, 0.29) is 12.2 Å². The second kappa shape index (κ2) is 7.95. The number of nitrogens with zero attached hydrogens (tertiary/aromatic N) is 1. The molecule has 23 heavy (non-hydrogen) atoms. The number of halogens is 1. The number of carboxylic acids is 1. The average molecular weight is 332 g/mol. The summed E-state index contributed by atoms with van der Waals surface area (Å²) in [6.45, 7) is -0.207. The Morgan fingerprint density at radius 1 is 1.22 bits per heavy atom. The Kier molecular flexibility index (Phi) is 5.71. The number of carbonyl (C=O) groups is 2. The number of hydrogen-bond acceptors (Lipinski definition) is 5. The van der Waals surface area contributed by atoms with Crippen molar-refractivity contribution in [2.24, 2.45) is 5.10 Å². The molecule has 1 amide bonds. The van der Waals surface area contributed by atoms with Crippen molar-refractivity contribution in [3.05, 3.63) is 64.7 Å². The number of nitrogens with one attached hydrogen (secondary N) is 1. The van der Waals surface area contributed by atoms with Crippen LogP contribution in [0.3, 0.4) is 0 Å². The van der Waals surface area contributed by atoms with Gasteiger partial charge in [0.15, 0.2) is 6.61 Å². The van der Waals surface area contributed by atoms with Crippen LogP contribution in [0, 0.1) is 0 Å². The van der Waals surface area contributed by atoms with Gasteiger partial charge in [-0.1, -0.05) is 41.9 Å². The Hall–Kier alpha value is -2.86. The van der Waals surface area contributed by atoms with Crippen LogP contribution >= 0.6 is 11.6 Å². The Balaban J connectivity index is 1.80. The van der Waals surface area contributed by atoms with E-state index < -0.39 is 11.9 Å². The van der Waals surface area contributed by atoms with Gasteiger partial charge in [0.25, 0.3) is 5.91 Å². The van der Waals surface area contributed by atoms with Crippen LogP contribution in [-0.4, -0.2) is 24.7 Å². The van der Waals surface area contributed by atoms with Crippen molar-refractivity contribution in [3.63, 3.8) is 0 Å². The minimum Gasteiger partial charge on any atom is -0.545 e. The lowest BCUT2D eigenvalue weighted by Gasteiger charge is -2.05. The van der Waals surface area contributed by atoms with Crippen LogP contribution in [0.5, 0.6) is 5.75 Å². The lowest BCUT2D eigenvalue weighted by molar-refractivity contribution is -0.255. The monoisotopic (exact) mass is 331 g/mol. The van der Waals surface area contributed by atoms with Crippen molar-refractivity contribution in [1.82, 2.24) is 5.43 Å². The molecule has 6 nitrogen and oxygen atoms in total. The van der Waals surface area contributed by atoms with Crippen molar-refractivity contribution >= 4 is 29.7 Å². The first-order valence-electron chi connectivity index (χ1n) is 6.56. The van der Waals surface area contributed by atoms with Gasteiger partial charge < -0.3 is 14.6 Å². The quantitative estimate of drug-likeness (QED) is 0.636. The Morgan fingerprint density at radius 2 is 1.96 bits per heavy atom. The van der Waals surface area contributed by atoms with Gasteiger partial charge in [0.1, 0.15) is 5.75 Å². The SMILES string of the molecule is O=C(COc1cccc(Cl)c1)NN=Cc1ccc(C(=O)[O-])cc1. The molecular formula is C16H12ClN2O4-. The molecule has 0 fully saturated rings. The zero-order valence-corrected chi connectivity index (χ0v) is 12.6. The number of rotatable bonds is 6. The summed E-state index contributed by atoms with van der Waals surface area (Å²) in [5.41, 5.74) is 3.00. The van der Waals surface area contributed by atoms with Crippen LogP contribution in [0.15, 0.2) is 53.6 Å². The molecule has 2 aromatic carbocycles. The zero-order chi connectivity index (χ0) is 16.7. The van der Waals surface area contributed by atoms with Gasteiger partial charge >= 0.3 is 0 Å².